The summed E-state index contributed by atoms with van der Waals surface area (Å²) in [7, 11) is 1.71. The lowest BCUT2D eigenvalue weighted by Gasteiger charge is -2.30. The van der Waals surface area contributed by atoms with E-state index in [-0.39, 0.29) is 22.7 Å². The van der Waals surface area contributed by atoms with Gasteiger partial charge in [0.05, 0.1) is 18.8 Å². The zero-order valence-electron chi connectivity index (χ0n) is 17.2. The summed E-state index contributed by atoms with van der Waals surface area (Å²) in [5.74, 6) is 0.855. The van der Waals surface area contributed by atoms with Crippen molar-refractivity contribution in [3.05, 3.63) is 40.7 Å². The van der Waals surface area contributed by atoms with Crippen LogP contribution in [0.1, 0.15) is 78.0 Å². The van der Waals surface area contributed by atoms with Gasteiger partial charge in [-0.25, -0.2) is 0 Å². The van der Waals surface area contributed by atoms with Gasteiger partial charge in [-0.05, 0) is 36.3 Å². The molecule has 1 aromatic rings. The van der Waals surface area contributed by atoms with E-state index in [0.717, 1.165) is 22.4 Å². The van der Waals surface area contributed by atoms with Gasteiger partial charge in [-0.3, -0.25) is 4.79 Å². The third-order valence-electron chi connectivity index (χ3n) is 4.40. The van der Waals surface area contributed by atoms with E-state index in [1.165, 1.54) is 0 Å². The summed E-state index contributed by atoms with van der Waals surface area (Å²) in [5.41, 5.74) is 8.73. The summed E-state index contributed by atoms with van der Waals surface area (Å²) in [6, 6.07) is 4.17. The first-order chi connectivity index (χ1) is 11.3. The molecule has 0 spiro atoms. The molecule has 0 radical (unpaired) electrons. The van der Waals surface area contributed by atoms with Crippen LogP contribution in [0, 0.1) is 0 Å². The highest BCUT2D eigenvalue weighted by Gasteiger charge is 2.29. The normalized spacial score (nSPS) is 14.2. The predicted molar refractivity (Wildman–Crippen MR) is 105 cm³/mol. The van der Waals surface area contributed by atoms with Crippen molar-refractivity contribution in [3.8, 4) is 5.75 Å². The zero-order valence-corrected chi connectivity index (χ0v) is 17.2. The topological polar surface area (TPSA) is 64.3 Å². The van der Waals surface area contributed by atoms with Gasteiger partial charge in [-0.15, -0.1) is 0 Å². The highest BCUT2D eigenvalue weighted by molar-refractivity contribution is 5.84. The molecule has 0 aromatic heterocycles. The third-order valence-corrected chi connectivity index (χ3v) is 4.40. The predicted octanol–water partition coefficient (Wildman–Crippen LogP) is 4.33. The minimum atomic E-state index is -0.313. The monoisotopic (exact) mass is 346 g/mol. The highest BCUT2D eigenvalue weighted by atomic mass is 16.5. The number of amides is 1. The number of hydrogen-bond acceptors (Lipinski definition) is 3. The van der Waals surface area contributed by atoms with E-state index in [1.54, 1.807) is 20.1 Å². The van der Waals surface area contributed by atoms with E-state index in [1.807, 2.05) is 6.92 Å². The van der Waals surface area contributed by atoms with Gasteiger partial charge in [-0.1, -0.05) is 53.7 Å². The summed E-state index contributed by atoms with van der Waals surface area (Å²) >= 11 is 0. The number of ether oxygens (including phenoxy) is 1. The second-order valence-corrected chi connectivity index (χ2v) is 8.60. The Balaban J connectivity index is 3.54. The molecule has 4 nitrogen and oxygen atoms in total. The van der Waals surface area contributed by atoms with Crippen LogP contribution in [-0.4, -0.2) is 13.0 Å². The number of allylic oxidation sites excluding steroid dienone is 1. The zero-order chi connectivity index (χ0) is 19.6. The Morgan fingerprint density at radius 2 is 1.56 bits per heavy atom. The van der Waals surface area contributed by atoms with Gasteiger partial charge >= 0.3 is 0 Å². The third kappa shape index (κ3) is 5.00. The van der Waals surface area contributed by atoms with Crippen LogP contribution >= 0.6 is 0 Å². The van der Waals surface area contributed by atoms with Gasteiger partial charge in [0.25, 0.3) is 0 Å². The van der Waals surface area contributed by atoms with Crippen molar-refractivity contribution in [2.75, 3.05) is 7.11 Å². The van der Waals surface area contributed by atoms with Crippen LogP contribution in [0.25, 0.3) is 0 Å². The van der Waals surface area contributed by atoms with Crippen LogP contribution < -0.4 is 15.8 Å². The lowest BCUT2D eigenvalue weighted by Crippen LogP contribution is -2.31. The first-order valence-corrected chi connectivity index (χ1v) is 8.78. The fraction of sp³-hybridized carbons (Fsp3) is 0.571. The number of carbonyl (C=O) groups excluding carboxylic acids is 1. The molecule has 25 heavy (non-hydrogen) atoms. The Bertz CT molecular complexity index is 626. The molecule has 4 heteroatoms. The van der Waals surface area contributed by atoms with Crippen molar-refractivity contribution in [1.82, 2.24) is 5.32 Å². The lowest BCUT2D eigenvalue weighted by atomic mass is 9.77. The molecule has 1 amide bonds. The molecule has 1 unspecified atom stereocenters. The minimum absolute atomic E-state index is 0.0973. The summed E-state index contributed by atoms with van der Waals surface area (Å²) in [6.45, 7) is 16.6. The quantitative estimate of drug-likeness (QED) is 0.853. The number of hydrogen-bond donors (Lipinski definition) is 2. The molecule has 0 bridgehead atoms. The van der Waals surface area contributed by atoms with Crippen LogP contribution in [0.2, 0.25) is 0 Å². The van der Waals surface area contributed by atoms with Gasteiger partial charge in [0.2, 0.25) is 5.91 Å². The standard InChI is InChI=1S/C21H34N2O2/c1-10-17(22)23-19(24)13(2)14-11-15(20(3,4)5)18(25-9)16(12-14)21(6,7)8/h10-13H,22H2,1-9H3,(H,23,24). The molecule has 0 saturated carbocycles. The van der Waals surface area contributed by atoms with Crippen LogP contribution in [0.15, 0.2) is 24.0 Å². The van der Waals surface area contributed by atoms with E-state index >= 15 is 0 Å². The molecule has 140 valence electrons. The SMILES string of the molecule is CC=C(N)NC(=O)C(C)c1cc(C(C)(C)C)c(OC)c(C(C)(C)C)c1. The van der Waals surface area contributed by atoms with E-state index in [9.17, 15) is 4.79 Å². The van der Waals surface area contributed by atoms with Gasteiger partial charge in [0, 0.05) is 11.1 Å². The van der Waals surface area contributed by atoms with Crippen molar-refractivity contribution >= 4 is 5.91 Å². The second-order valence-electron chi connectivity index (χ2n) is 8.60. The van der Waals surface area contributed by atoms with Crippen molar-refractivity contribution in [2.24, 2.45) is 5.73 Å². The summed E-state index contributed by atoms with van der Waals surface area (Å²) < 4.78 is 5.78. The molecule has 1 aromatic carbocycles. The first kappa shape index (κ1) is 21.1. The van der Waals surface area contributed by atoms with Gasteiger partial charge in [-0.2, -0.15) is 0 Å². The number of methoxy groups -OCH3 is 1. The average molecular weight is 347 g/mol. The fourth-order valence-electron chi connectivity index (χ4n) is 2.71. The molecule has 0 aliphatic rings. The lowest BCUT2D eigenvalue weighted by molar-refractivity contribution is -0.121. The van der Waals surface area contributed by atoms with E-state index in [2.05, 4.69) is 59.0 Å². The van der Waals surface area contributed by atoms with Gasteiger partial charge in [0.1, 0.15) is 5.75 Å². The molecule has 0 heterocycles. The minimum Gasteiger partial charge on any atom is -0.496 e. The molecule has 1 atom stereocenters. The van der Waals surface area contributed by atoms with Gasteiger partial charge in [0.15, 0.2) is 0 Å². The van der Waals surface area contributed by atoms with Crippen LogP contribution in [0.3, 0.4) is 0 Å². The number of rotatable bonds is 4. The largest absolute Gasteiger partial charge is 0.496 e. The van der Waals surface area contributed by atoms with Crippen LogP contribution in [0.5, 0.6) is 5.75 Å². The molecule has 0 aliphatic heterocycles. The number of nitrogens with two attached hydrogens (primary N) is 1. The number of benzene rings is 1. The Kier molecular flexibility index (Phi) is 6.33. The van der Waals surface area contributed by atoms with Crippen LogP contribution in [0.4, 0.5) is 0 Å². The summed E-state index contributed by atoms with van der Waals surface area (Å²) in [6.07, 6.45) is 1.68. The maximum Gasteiger partial charge on any atom is 0.232 e. The second kappa shape index (κ2) is 7.51. The molecule has 0 aliphatic carbocycles. The Morgan fingerprint density at radius 3 is 1.88 bits per heavy atom. The van der Waals surface area contributed by atoms with Crippen LogP contribution in [-0.2, 0) is 15.6 Å². The Morgan fingerprint density at radius 1 is 1.12 bits per heavy atom. The van der Waals surface area contributed by atoms with Crippen molar-refractivity contribution in [3.63, 3.8) is 0 Å². The van der Waals surface area contributed by atoms with E-state index < -0.39 is 0 Å². The fourth-order valence-corrected chi connectivity index (χ4v) is 2.71. The molecule has 3 N–H and O–H groups in total. The highest BCUT2D eigenvalue weighted by Crippen LogP contribution is 2.41. The molecule has 1 rings (SSSR count). The smallest absolute Gasteiger partial charge is 0.232 e. The van der Waals surface area contributed by atoms with Crippen molar-refractivity contribution < 1.29 is 9.53 Å². The maximum atomic E-state index is 12.5. The maximum absolute atomic E-state index is 12.5. The molecule has 0 fully saturated rings. The summed E-state index contributed by atoms with van der Waals surface area (Å²) in [4.78, 5) is 12.5. The Hall–Kier alpha value is -1.97. The number of carbonyl (C=O) groups is 1. The van der Waals surface area contributed by atoms with Gasteiger partial charge < -0.3 is 15.8 Å². The Labute approximate surface area is 152 Å². The van der Waals surface area contributed by atoms with E-state index in [4.69, 9.17) is 10.5 Å². The molecular weight excluding hydrogens is 312 g/mol. The average Bonchev–Trinajstić information content (AvgIpc) is 2.50. The molecule has 0 saturated heterocycles. The van der Waals surface area contributed by atoms with Crippen molar-refractivity contribution in [1.29, 1.82) is 0 Å². The van der Waals surface area contributed by atoms with E-state index in [0.29, 0.717) is 5.82 Å². The molecular formula is C21H34N2O2. The number of nitrogens with one attached hydrogen (secondary N) is 1. The van der Waals surface area contributed by atoms with Crippen molar-refractivity contribution in [2.45, 2.75) is 72.1 Å². The summed E-state index contributed by atoms with van der Waals surface area (Å²) in [5, 5.41) is 2.74. The first-order valence-electron chi connectivity index (χ1n) is 8.78.